The maximum Gasteiger partial charge on any atom is 0.348 e. The molecule has 39 heavy (non-hydrogen) atoms. The molecule has 1 unspecified atom stereocenters. The number of carbonyl (C=O) groups is 1. The number of rotatable bonds is 9. The molecular formula is C28H25N5O6. The second-order valence-corrected chi connectivity index (χ2v) is 8.75. The van der Waals surface area contributed by atoms with Crippen molar-refractivity contribution in [3.05, 3.63) is 106 Å². The largest absolute Gasteiger partial charge is 0.493 e. The van der Waals surface area contributed by atoms with Gasteiger partial charge in [0.05, 0.1) is 25.5 Å². The number of carboxylic acids is 1. The van der Waals surface area contributed by atoms with Crippen LogP contribution in [-0.4, -0.2) is 50.2 Å². The van der Waals surface area contributed by atoms with Crippen molar-refractivity contribution in [3.63, 3.8) is 0 Å². The summed E-state index contributed by atoms with van der Waals surface area (Å²) >= 11 is 0. The number of aromatic carboxylic acids is 1. The Kier molecular flexibility index (Phi) is 6.96. The number of ether oxygens (including phenoxy) is 2. The summed E-state index contributed by atoms with van der Waals surface area (Å²) in [6, 6.07) is 19.4. The van der Waals surface area contributed by atoms with Gasteiger partial charge in [-0.1, -0.05) is 47.6 Å². The minimum Gasteiger partial charge on any atom is -0.493 e. The molecule has 0 saturated heterocycles. The van der Waals surface area contributed by atoms with E-state index in [1.54, 1.807) is 45.4 Å². The fourth-order valence-electron chi connectivity index (χ4n) is 4.38. The van der Waals surface area contributed by atoms with E-state index in [0.29, 0.717) is 35.5 Å². The summed E-state index contributed by atoms with van der Waals surface area (Å²) in [5.74, 6) is 0.868. The molecule has 2 heterocycles. The number of para-hydroxylation sites is 1. The van der Waals surface area contributed by atoms with Gasteiger partial charge in [0, 0.05) is 18.4 Å². The Balaban J connectivity index is 1.57. The third-order valence-corrected chi connectivity index (χ3v) is 6.32. The lowest BCUT2D eigenvalue weighted by Crippen LogP contribution is -2.18. The molecule has 0 fully saturated rings. The van der Waals surface area contributed by atoms with Crippen LogP contribution in [0.1, 0.15) is 39.1 Å². The number of H-pyrrole nitrogens is 1. The van der Waals surface area contributed by atoms with Crippen LogP contribution in [0.5, 0.6) is 11.5 Å². The summed E-state index contributed by atoms with van der Waals surface area (Å²) in [6.07, 6.45) is 0.467. The first-order valence-corrected chi connectivity index (χ1v) is 12.0. The van der Waals surface area contributed by atoms with E-state index in [4.69, 9.17) is 14.0 Å². The smallest absolute Gasteiger partial charge is 0.348 e. The van der Waals surface area contributed by atoms with Gasteiger partial charge in [0.1, 0.15) is 5.82 Å². The highest BCUT2D eigenvalue weighted by Crippen LogP contribution is 2.34. The van der Waals surface area contributed by atoms with E-state index in [1.165, 1.54) is 6.07 Å². The highest BCUT2D eigenvalue weighted by Gasteiger charge is 2.24. The number of methoxy groups -OCH3 is 2. The number of hydrogen-bond acceptors (Lipinski definition) is 8. The monoisotopic (exact) mass is 527 g/mol. The molecule has 0 saturated carbocycles. The number of aromatic nitrogens is 5. The number of benzene rings is 3. The molecule has 198 valence electrons. The molecule has 11 heteroatoms. The number of nitrogens with one attached hydrogen (secondary N) is 1. The zero-order valence-corrected chi connectivity index (χ0v) is 21.4. The van der Waals surface area contributed by atoms with Crippen LogP contribution in [0.25, 0.3) is 17.1 Å². The molecule has 5 aromatic rings. The molecule has 3 aromatic carbocycles. The lowest BCUT2D eigenvalue weighted by Gasteiger charge is -2.17. The molecule has 2 N–H and O–H groups in total. The quantitative estimate of drug-likeness (QED) is 0.290. The fourth-order valence-corrected chi connectivity index (χ4v) is 4.38. The van der Waals surface area contributed by atoms with Gasteiger partial charge >= 0.3 is 11.7 Å². The SMILES string of the molecule is COc1ccc(C(Cc2ccc(-c3noc(C)n3)cc2)c2nn(-c3ccccc3C(=O)O)c(=O)[nH]2)cc1OC. The number of hydrogen-bond donors (Lipinski definition) is 2. The summed E-state index contributed by atoms with van der Waals surface area (Å²) in [5, 5.41) is 18.1. The number of nitrogens with zero attached hydrogens (tertiary/aromatic N) is 4. The number of carboxylic acid groups (broad SMARTS) is 1. The van der Waals surface area contributed by atoms with Crippen LogP contribution in [0.15, 0.2) is 76.0 Å². The van der Waals surface area contributed by atoms with Crippen LogP contribution in [0.4, 0.5) is 0 Å². The Hall–Kier alpha value is -5.19. The minimum absolute atomic E-state index is 0.0346. The van der Waals surface area contributed by atoms with Crippen LogP contribution < -0.4 is 15.2 Å². The number of aryl methyl sites for hydroxylation is 1. The molecule has 5 rings (SSSR count). The third-order valence-electron chi connectivity index (χ3n) is 6.32. The number of aromatic amines is 1. The van der Waals surface area contributed by atoms with Crippen molar-refractivity contribution in [1.82, 2.24) is 24.9 Å². The Morgan fingerprint density at radius 1 is 1.05 bits per heavy atom. The van der Waals surface area contributed by atoms with Crippen molar-refractivity contribution in [1.29, 1.82) is 0 Å². The molecule has 0 radical (unpaired) electrons. The van der Waals surface area contributed by atoms with Crippen LogP contribution in [0, 0.1) is 6.92 Å². The van der Waals surface area contributed by atoms with Gasteiger partial charge in [0.15, 0.2) is 11.5 Å². The van der Waals surface area contributed by atoms with Crippen molar-refractivity contribution < 1.29 is 23.9 Å². The Bertz CT molecular complexity index is 1690. The predicted molar refractivity (Wildman–Crippen MR) is 141 cm³/mol. The zero-order valence-electron chi connectivity index (χ0n) is 21.4. The van der Waals surface area contributed by atoms with Gasteiger partial charge in [-0.25, -0.2) is 9.59 Å². The molecular weight excluding hydrogens is 502 g/mol. The van der Waals surface area contributed by atoms with Gasteiger partial charge in [-0.3, -0.25) is 4.98 Å². The van der Waals surface area contributed by atoms with Crippen LogP contribution in [-0.2, 0) is 6.42 Å². The molecule has 2 aromatic heterocycles. The molecule has 1 atom stereocenters. The lowest BCUT2D eigenvalue weighted by atomic mass is 9.90. The van der Waals surface area contributed by atoms with Crippen molar-refractivity contribution in [3.8, 4) is 28.6 Å². The molecule has 0 amide bonds. The lowest BCUT2D eigenvalue weighted by molar-refractivity contribution is 0.0696. The second kappa shape index (κ2) is 10.7. The maximum atomic E-state index is 13.0. The minimum atomic E-state index is -1.16. The van der Waals surface area contributed by atoms with E-state index < -0.39 is 17.6 Å². The normalized spacial score (nSPS) is 11.8. The van der Waals surface area contributed by atoms with Gasteiger partial charge in [-0.15, -0.1) is 5.10 Å². The standard InChI is InChI=1S/C28H25N5O6/c1-16-29-25(32-39-16)18-10-8-17(9-11-18)14-21(19-12-13-23(37-2)24(15-19)38-3)26-30-28(36)33(31-26)22-7-5-4-6-20(22)27(34)35/h4-13,15,21H,14H2,1-3H3,(H,34,35)(H,30,31,36). The summed E-state index contributed by atoms with van der Waals surface area (Å²) in [4.78, 5) is 31.9. The van der Waals surface area contributed by atoms with E-state index in [9.17, 15) is 14.7 Å². The summed E-state index contributed by atoms with van der Waals surface area (Å²) in [7, 11) is 3.11. The Morgan fingerprint density at radius 2 is 1.79 bits per heavy atom. The highest BCUT2D eigenvalue weighted by molar-refractivity contribution is 5.91. The molecule has 0 aliphatic rings. The van der Waals surface area contributed by atoms with Gasteiger partial charge in [0.2, 0.25) is 11.7 Å². The van der Waals surface area contributed by atoms with Crippen LogP contribution in [0.3, 0.4) is 0 Å². The first kappa shape index (κ1) is 25.5. The van der Waals surface area contributed by atoms with E-state index in [1.807, 2.05) is 36.4 Å². The first-order valence-electron chi connectivity index (χ1n) is 12.0. The van der Waals surface area contributed by atoms with Crippen molar-refractivity contribution in [2.45, 2.75) is 19.3 Å². The average Bonchev–Trinajstić information content (AvgIpc) is 3.56. The predicted octanol–water partition coefficient (Wildman–Crippen LogP) is 4.01. The maximum absolute atomic E-state index is 13.0. The van der Waals surface area contributed by atoms with E-state index in [2.05, 4.69) is 20.2 Å². The fraction of sp³-hybridized carbons (Fsp3) is 0.179. The first-order chi connectivity index (χ1) is 18.9. The molecule has 0 aliphatic carbocycles. The van der Waals surface area contributed by atoms with E-state index >= 15 is 0 Å². The molecule has 0 spiro atoms. The van der Waals surface area contributed by atoms with Crippen molar-refractivity contribution in [2.75, 3.05) is 14.2 Å². The van der Waals surface area contributed by atoms with Crippen LogP contribution >= 0.6 is 0 Å². The topological polar surface area (TPSA) is 145 Å². The molecule has 0 aliphatic heterocycles. The highest BCUT2D eigenvalue weighted by atomic mass is 16.5. The summed E-state index contributed by atoms with van der Waals surface area (Å²) in [6.45, 7) is 1.73. The van der Waals surface area contributed by atoms with Crippen molar-refractivity contribution >= 4 is 5.97 Å². The van der Waals surface area contributed by atoms with Gasteiger partial charge in [-0.05, 0) is 41.8 Å². The molecule has 0 bridgehead atoms. The van der Waals surface area contributed by atoms with E-state index in [0.717, 1.165) is 21.4 Å². The Labute approximate surface area is 222 Å². The van der Waals surface area contributed by atoms with E-state index in [-0.39, 0.29) is 11.3 Å². The summed E-state index contributed by atoms with van der Waals surface area (Å²) in [5.41, 5.74) is 2.17. The Morgan fingerprint density at radius 3 is 2.46 bits per heavy atom. The molecule has 11 nitrogen and oxygen atoms in total. The van der Waals surface area contributed by atoms with Gasteiger partial charge < -0.3 is 19.1 Å². The second-order valence-electron chi connectivity index (χ2n) is 8.75. The average molecular weight is 528 g/mol. The zero-order chi connectivity index (χ0) is 27.5. The summed E-state index contributed by atoms with van der Waals surface area (Å²) < 4.78 is 17.1. The van der Waals surface area contributed by atoms with Crippen LogP contribution in [0.2, 0.25) is 0 Å². The van der Waals surface area contributed by atoms with Crippen molar-refractivity contribution in [2.24, 2.45) is 0 Å². The van der Waals surface area contributed by atoms with Gasteiger partial charge in [0.25, 0.3) is 0 Å². The third kappa shape index (κ3) is 5.14. The van der Waals surface area contributed by atoms with Gasteiger partial charge in [-0.2, -0.15) is 9.67 Å².